The molecule has 0 radical (unpaired) electrons. The maximum absolute atomic E-state index is 13.2. The molecule has 2 rings (SSSR count). The highest BCUT2D eigenvalue weighted by Crippen LogP contribution is 2.35. The number of primary amides is 1. The summed E-state index contributed by atoms with van der Waals surface area (Å²) in [6.07, 6.45) is -7.84. The van der Waals surface area contributed by atoms with Crippen LogP contribution in [-0.4, -0.2) is 49.6 Å². The third-order valence-corrected chi connectivity index (χ3v) is 6.96. The number of benzene rings is 2. The predicted molar refractivity (Wildman–Crippen MR) is 149 cm³/mol. The summed E-state index contributed by atoms with van der Waals surface area (Å²) in [7, 11) is 0. The zero-order valence-corrected chi connectivity index (χ0v) is 24.5. The molecule has 0 saturated heterocycles. The lowest BCUT2D eigenvalue weighted by Crippen LogP contribution is -2.46. The highest BCUT2D eigenvalue weighted by atomic mass is 19.4. The summed E-state index contributed by atoms with van der Waals surface area (Å²) in [6.45, 7) is 10.9. The average Bonchev–Trinajstić information content (AvgIpc) is 2.88. The summed E-state index contributed by atoms with van der Waals surface area (Å²) in [6, 6.07) is 9.95. The second-order valence-corrected chi connectivity index (χ2v) is 11.2. The standard InChI is InChI=1S/C30H41F6N3O3/c1-5-39(26(28(2,3)4)8-6-7-17-41-27(37)40)16-15-38-19-21-9-11-22(12-10-21)25-14-13-24(29(31,32)33)18-23(25)20-42-30(34,35)36/h9-14,18,26,38H,5-8,15-17,19-20H2,1-4H3,(H2,37,40). The maximum Gasteiger partial charge on any atom is 0.522 e. The largest absolute Gasteiger partial charge is 0.522 e. The molecule has 0 bridgehead atoms. The van der Waals surface area contributed by atoms with E-state index in [0.29, 0.717) is 37.4 Å². The first-order valence-electron chi connectivity index (χ1n) is 13.9. The van der Waals surface area contributed by atoms with Gasteiger partial charge in [-0.25, -0.2) is 4.79 Å². The summed E-state index contributed by atoms with van der Waals surface area (Å²) in [5, 5.41) is 3.41. The fourth-order valence-electron chi connectivity index (χ4n) is 4.90. The van der Waals surface area contributed by atoms with E-state index in [1.807, 2.05) is 0 Å². The number of carbonyl (C=O) groups excluding carboxylic acids is 1. The number of amides is 1. The minimum absolute atomic E-state index is 0.0404. The molecule has 0 heterocycles. The molecule has 1 amide bonds. The van der Waals surface area contributed by atoms with Crippen LogP contribution < -0.4 is 11.1 Å². The van der Waals surface area contributed by atoms with Crippen molar-refractivity contribution in [1.82, 2.24) is 10.2 Å². The average molecular weight is 606 g/mol. The quantitative estimate of drug-likeness (QED) is 0.162. The first kappa shape index (κ1) is 35.4. The monoisotopic (exact) mass is 605 g/mol. The molecule has 1 unspecified atom stereocenters. The minimum Gasteiger partial charge on any atom is -0.450 e. The number of halogens is 6. The SMILES string of the molecule is CCN(CCNCc1ccc(-c2ccc(C(F)(F)F)cc2COC(F)(F)F)cc1)C(CCCCOC(N)=O)C(C)(C)C. The Morgan fingerprint density at radius 2 is 1.67 bits per heavy atom. The predicted octanol–water partition coefficient (Wildman–Crippen LogP) is 7.50. The molecule has 12 heteroatoms. The smallest absolute Gasteiger partial charge is 0.450 e. The molecule has 0 aliphatic heterocycles. The molecular formula is C30H41F6N3O3. The van der Waals surface area contributed by atoms with E-state index < -0.39 is 30.8 Å². The van der Waals surface area contributed by atoms with Crippen LogP contribution in [0.3, 0.4) is 0 Å². The van der Waals surface area contributed by atoms with Crippen molar-refractivity contribution in [1.29, 1.82) is 0 Å². The van der Waals surface area contributed by atoms with Crippen molar-refractivity contribution >= 4 is 6.09 Å². The van der Waals surface area contributed by atoms with Crippen LogP contribution in [0.15, 0.2) is 42.5 Å². The summed E-state index contributed by atoms with van der Waals surface area (Å²) in [5.74, 6) is 0. The number of nitrogens with one attached hydrogen (secondary N) is 1. The Bertz CT molecular complexity index is 1120. The fourth-order valence-corrected chi connectivity index (χ4v) is 4.90. The van der Waals surface area contributed by atoms with Gasteiger partial charge in [-0.1, -0.05) is 58.0 Å². The van der Waals surface area contributed by atoms with E-state index in [0.717, 1.165) is 44.0 Å². The first-order valence-corrected chi connectivity index (χ1v) is 13.9. The lowest BCUT2D eigenvalue weighted by atomic mass is 9.82. The van der Waals surface area contributed by atoms with Crippen molar-refractivity contribution in [3.05, 3.63) is 59.2 Å². The minimum atomic E-state index is -4.97. The van der Waals surface area contributed by atoms with E-state index in [2.05, 4.69) is 42.6 Å². The van der Waals surface area contributed by atoms with E-state index in [4.69, 9.17) is 10.5 Å². The molecule has 0 fully saturated rings. The molecular weight excluding hydrogens is 564 g/mol. The summed E-state index contributed by atoms with van der Waals surface area (Å²) in [5.41, 5.74) is 5.45. The van der Waals surface area contributed by atoms with Crippen LogP contribution in [0.5, 0.6) is 0 Å². The van der Waals surface area contributed by atoms with Crippen molar-refractivity contribution < 1.29 is 40.6 Å². The van der Waals surface area contributed by atoms with Crippen LogP contribution in [0, 0.1) is 5.41 Å². The topological polar surface area (TPSA) is 76.8 Å². The van der Waals surface area contributed by atoms with Gasteiger partial charge < -0.3 is 15.8 Å². The number of nitrogens with zero attached hydrogens (tertiary/aromatic N) is 1. The zero-order chi connectivity index (χ0) is 31.6. The Morgan fingerprint density at radius 1 is 1.00 bits per heavy atom. The van der Waals surface area contributed by atoms with Crippen molar-refractivity contribution in [3.8, 4) is 11.1 Å². The number of alkyl halides is 6. The maximum atomic E-state index is 13.2. The Kier molecular flexibility index (Phi) is 13.1. The van der Waals surface area contributed by atoms with Crippen LogP contribution in [0.2, 0.25) is 0 Å². The highest BCUT2D eigenvalue weighted by Gasteiger charge is 2.33. The molecule has 236 valence electrons. The van der Waals surface area contributed by atoms with Gasteiger partial charge in [0.25, 0.3) is 0 Å². The number of carbonyl (C=O) groups is 1. The molecule has 42 heavy (non-hydrogen) atoms. The van der Waals surface area contributed by atoms with Gasteiger partial charge in [0.1, 0.15) is 0 Å². The normalized spacial score (nSPS) is 13.4. The molecule has 6 nitrogen and oxygen atoms in total. The van der Waals surface area contributed by atoms with E-state index in [9.17, 15) is 31.1 Å². The number of ether oxygens (including phenoxy) is 2. The molecule has 0 saturated carbocycles. The van der Waals surface area contributed by atoms with Gasteiger partial charge in [-0.3, -0.25) is 9.64 Å². The molecule has 3 N–H and O–H groups in total. The van der Waals surface area contributed by atoms with Gasteiger partial charge >= 0.3 is 18.6 Å². The molecule has 2 aromatic carbocycles. The van der Waals surface area contributed by atoms with Gasteiger partial charge in [0.05, 0.1) is 18.8 Å². The third-order valence-electron chi connectivity index (χ3n) is 6.96. The van der Waals surface area contributed by atoms with Gasteiger partial charge in [-0.05, 0) is 65.6 Å². The molecule has 0 spiro atoms. The van der Waals surface area contributed by atoms with Crippen LogP contribution >= 0.6 is 0 Å². The van der Waals surface area contributed by atoms with Crippen molar-refractivity contribution in [2.75, 3.05) is 26.2 Å². The lowest BCUT2D eigenvalue weighted by Gasteiger charge is -2.40. The number of unbranched alkanes of at least 4 members (excludes halogenated alkanes) is 1. The summed E-state index contributed by atoms with van der Waals surface area (Å²) in [4.78, 5) is 13.2. The summed E-state index contributed by atoms with van der Waals surface area (Å²) < 4.78 is 86.0. The molecule has 0 aromatic heterocycles. The fraction of sp³-hybridized carbons (Fsp3) is 0.567. The van der Waals surface area contributed by atoms with E-state index in [-0.39, 0.29) is 16.5 Å². The highest BCUT2D eigenvalue weighted by molar-refractivity contribution is 5.68. The zero-order valence-electron chi connectivity index (χ0n) is 24.5. The molecule has 2 aromatic rings. The van der Waals surface area contributed by atoms with E-state index in [1.165, 1.54) is 6.07 Å². The molecule has 0 aliphatic carbocycles. The van der Waals surface area contributed by atoms with Gasteiger partial charge in [0.15, 0.2) is 0 Å². The Morgan fingerprint density at radius 3 is 2.21 bits per heavy atom. The van der Waals surface area contributed by atoms with Crippen LogP contribution in [0.1, 0.15) is 63.6 Å². The number of hydrogen-bond acceptors (Lipinski definition) is 5. The second kappa shape index (κ2) is 15.6. The lowest BCUT2D eigenvalue weighted by molar-refractivity contribution is -0.330. The van der Waals surface area contributed by atoms with Crippen molar-refractivity contribution in [3.63, 3.8) is 0 Å². The van der Waals surface area contributed by atoms with Gasteiger partial charge in [0, 0.05) is 25.7 Å². The van der Waals surface area contributed by atoms with Crippen LogP contribution in [0.4, 0.5) is 31.1 Å². The Hall–Kier alpha value is -2.83. The second-order valence-electron chi connectivity index (χ2n) is 11.2. The number of hydrogen-bond donors (Lipinski definition) is 2. The number of nitrogens with two attached hydrogens (primary N) is 1. The van der Waals surface area contributed by atoms with Crippen molar-refractivity contribution in [2.24, 2.45) is 11.1 Å². The first-order chi connectivity index (χ1) is 19.5. The van der Waals surface area contributed by atoms with Crippen LogP contribution in [0.25, 0.3) is 11.1 Å². The van der Waals surface area contributed by atoms with Gasteiger partial charge in [0.2, 0.25) is 0 Å². The number of rotatable bonds is 15. The van der Waals surface area contributed by atoms with E-state index >= 15 is 0 Å². The van der Waals surface area contributed by atoms with Crippen molar-refractivity contribution in [2.45, 2.75) is 78.7 Å². The summed E-state index contributed by atoms with van der Waals surface area (Å²) >= 11 is 0. The van der Waals surface area contributed by atoms with Crippen LogP contribution in [-0.2, 0) is 28.8 Å². The Labute approximate surface area is 243 Å². The van der Waals surface area contributed by atoms with Gasteiger partial charge in [-0.2, -0.15) is 13.2 Å². The molecule has 1 atom stereocenters. The number of likely N-dealkylation sites (N-methyl/N-ethyl adjacent to an activating group) is 1. The van der Waals surface area contributed by atoms with Gasteiger partial charge in [-0.15, -0.1) is 13.2 Å². The third kappa shape index (κ3) is 12.2. The molecule has 0 aliphatic rings. The Balaban J connectivity index is 2.00. The van der Waals surface area contributed by atoms with E-state index in [1.54, 1.807) is 24.3 Å².